The number of benzene rings is 2. The molecule has 16 heteroatoms. The number of halogens is 7. The predicted molar refractivity (Wildman–Crippen MR) is 139 cm³/mol. The Bertz CT molecular complexity index is 1460. The largest absolute Gasteiger partial charge is 0.430 e. The molecule has 2 amide bonds. The van der Waals surface area contributed by atoms with Gasteiger partial charge in [-0.15, -0.1) is 0 Å². The number of carbonyl (C=O) groups is 2. The number of hydrogen-bond acceptors (Lipinski definition) is 5. The first kappa shape index (κ1) is 32.5. The maximum atomic E-state index is 13.8. The van der Waals surface area contributed by atoms with E-state index in [-0.39, 0.29) is 36.5 Å². The number of anilines is 1. The molecule has 0 bridgehead atoms. The molecule has 4 rings (SSSR count). The fourth-order valence-corrected chi connectivity index (χ4v) is 7.12. The molecule has 1 saturated heterocycles. The Morgan fingerprint density at radius 1 is 0.953 bits per heavy atom. The number of aryl methyl sites for hydroxylation is 1. The van der Waals surface area contributed by atoms with Gasteiger partial charge in [0.25, 0.3) is 15.6 Å². The van der Waals surface area contributed by atoms with E-state index in [1.807, 2.05) is 0 Å². The zero-order valence-corrected chi connectivity index (χ0v) is 23.5. The average molecular weight is 640 g/mol. The highest BCUT2D eigenvalue weighted by molar-refractivity contribution is 7.92. The molecule has 0 saturated carbocycles. The maximum Gasteiger partial charge on any atom is 0.430 e. The minimum absolute atomic E-state index is 0.115. The average Bonchev–Trinajstić information content (AvgIpc) is 2.93. The monoisotopic (exact) mass is 639 g/mol. The zero-order valence-electron chi connectivity index (χ0n) is 22.7. The normalized spacial score (nSPS) is 18.8. The summed E-state index contributed by atoms with van der Waals surface area (Å²) in [4.78, 5) is 25.7. The number of likely N-dealkylation sites (tertiary alicyclic amines) is 1. The molecule has 2 aromatic rings. The first-order chi connectivity index (χ1) is 19.9. The van der Waals surface area contributed by atoms with Gasteiger partial charge >= 0.3 is 12.4 Å². The van der Waals surface area contributed by atoms with Crippen molar-refractivity contribution in [3.8, 4) is 0 Å². The van der Waals surface area contributed by atoms with Crippen LogP contribution in [-0.4, -0.2) is 68.3 Å². The molecule has 2 aromatic carbocycles. The van der Waals surface area contributed by atoms with E-state index < -0.39 is 62.1 Å². The molecule has 2 aliphatic heterocycles. The third kappa shape index (κ3) is 6.16. The van der Waals surface area contributed by atoms with Crippen LogP contribution in [0.15, 0.2) is 47.4 Å². The SMILES string of the molecule is CC(=O)N1CCC(C(=O)NC[C@@H]2CCc3cc(C(O)(C(F)(F)F)C(F)(F)F)ccc3N2S(=O)(=O)c2ccc(F)cc2)CC1. The Morgan fingerprint density at radius 3 is 2.07 bits per heavy atom. The Kier molecular flexibility index (Phi) is 8.77. The van der Waals surface area contributed by atoms with Crippen LogP contribution in [0.1, 0.15) is 37.3 Å². The highest BCUT2D eigenvalue weighted by Gasteiger charge is 2.71. The fourth-order valence-electron chi connectivity index (χ4n) is 5.40. The lowest BCUT2D eigenvalue weighted by molar-refractivity contribution is -0.376. The van der Waals surface area contributed by atoms with Crippen molar-refractivity contribution in [2.75, 3.05) is 23.9 Å². The van der Waals surface area contributed by atoms with Gasteiger partial charge < -0.3 is 15.3 Å². The summed E-state index contributed by atoms with van der Waals surface area (Å²) in [6.07, 6.45) is -11.8. The van der Waals surface area contributed by atoms with Gasteiger partial charge in [-0.3, -0.25) is 13.9 Å². The van der Waals surface area contributed by atoms with Crippen LogP contribution in [-0.2, 0) is 31.6 Å². The van der Waals surface area contributed by atoms with Gasteiger partial charge in [0.15, 0.2) is 0 Å². The van der Waals surface area contributed by atoms with E-state index in [0.29, 0.717) is 38.1 Å². The Morgan fingerprint density at radius 2 is 1.53 bits per heavy atom. The molecule has 0 unspecified atom stereocenters. The second-order valence-corrected chi connectivity index (χ2v) is 12.3. The first-order valence-corrected chi connectivity index (χ1v) is 14.6. The zero-order chi connectivity index (χ0) is 32.0. The Hall–Kier alpha value is -3.40. The summed E-state index contributed by atoms with van der Waals surface area (Å²) < 4.78 is 123. The number of aliphatic hydroxyl groups is 1. The lowest BCUT2D eigenvalue weighted by Crippen LogP contribution is -2.54. The molecule has 1 fully saturated rings. The van der Waals surface area contributed by atoms with E-state index in [4.69, 9.17) is 0 Å². The van der Waals surface area contributed by atoms with Crippen LogP contribution in [0.5, 0.6) is 0 Å². The number of rotatable bonds is 6. The van der Waals surface area contributed by atoms with Crippen LogP contribution in [0.4, 0.5) is 36.4 Å². The van der Waals surface area contributed by atoms with E-state index >= 15 is 0 Å². The van der Waals surface area contributed by atoms with Gasteiger partial charge in [0, 0.05) is 38.0 Å². The number of amides is 2. The lowest BCUT2D eigenvalue weighted by Gasteiger charge is -2.39. The van der Waals surface area contributed by atoms with Crippen molar-refractivity contribution in [1.29, 1.82) is 0 Å². The van der Waals surface area contributed by atoms with Crippen LogP contribution in [0.25, 0.3) is 0 Å². The molecular weight excluding hydrogens is 611 g/mol. The highest BCUT2D eigenvalue weighted by atomic mass is 32.2. The molecule has 1 atom stereocenters. The van der Waals surface area contributed by atoms with Crippen molar-refractivity contribution in [3.05, 3.63) is 59.4 Å². The van der Waals surface area contributed by atoms with Gasteiger partial charge in [0.05, 0.1) is 16.6 Å². The van der Waals surface area contributed by atoms with Crippen molar-refractivity contribution in [3.63, 3.8) is 0 Å². The predicted octanol–water partition coefficient (Wildman–Crippen LogP) is 4.02. The van der Waals surface area contributed by atoms with Crippen LogP contribution in [0.2, 0.25) is 0 Å². The minimum atomic E-state index is -6.14. The van der Waals surface area contributed by atoms with Gasteiger partial charge in [0.1, 0.15) is 5.82 Å². The summed E-state index contributed by atoms with van der Waals surface area (Å²) >= 11 is 0. The number of hydrogen-bond donors (Lipinski definition) is 2. The number of alkyl halides is 6. The number of sulfonamides is 1. The van der Waals surface area contributed by atoms with E-state index in [0.717, 1.165) is 34.6 Å². The summed E-state index contributed by atoms with van der Waals surface area (Å²) in [5, 5.41) is 12.6. The molecule has 2 aliphatic rings. The van der Waals surface area contributed by atoms with E-state index in [1.165, 1.54) is 6.92 Å². The second-order valence-electron chi connectivity index (χ2n) is 10.5. The van der Waals surface area contributed by atoms with Gasteiger partial charge in [-0.05, 0) is 61.6 Å². The Labute approximate surface area is 242 Å². The van der Waals surface area contributed by atoms with Crippen molar-refractivity contribution >= 4 is 27.5 Å². The lowest BCUT2D eigenvalue weighted by atomic mass is 9.88. The summed E-state index contributed by atoms with van der Waals surface area (Å²) in [6, 6.07) is 4.22. The standard InChI is InChI=1S/C27H28F7N3O5S/c1-16(38)36-12-10-17(11-13-36)24(39)35-15-21-6-2-18-14-19(25(40,26(29,30)31)27(32,33)34)3-9-23(18)37(21)43(41,42)22-7-4-20(28)5-8-22/h3-5,7-9,14,17,21,40H,2,6,10-13,15H2,1H3,(H,35,39)/t21-/m0/s1. The molecule has 0 radical (unpaired) electrons. The Balaban J connectivity index is 1.68. The summed E-state index contributed by atoms with van der Waals surface area (Å²) in [7, 11) is -4.57. The maximum absolute atomic E-state index is 13.8. The minimum Gasteiger partial charge on any atom is -0.369 e. The van der Waals surface area contributed by atoms with Gasteiger partial charge in [-0.2, -0.15) is 26.3 Å². The van der Waals surface area contributed by atoms with Gasteiger partial charge in [-0.25, -0.2) is 12.8 Å². The first-order valence-electron chi connectivity index (χ1n) is 13.2. The van der Waals surface area contributed by atoms with Gasteiger partial charge in [0.2, 0.25) is 11.8 Å². The second kappa shape index (κ2) is 11.6. The summed E-state index contributed by atoms with van der Waals surface area (Å²) in [5.41, 5.74) is -7.21. The molecule has 0 aromatic heterocycles. The number of fused-ring (bicyclic) bond motifs is 1. The number of nitrogens with one attached hydrogen (secondary N) is 1. The quantitative estimate of drug-likeness (QED) is 0.465. The summed E-state index contributed by atoms with van der Waals surface area (Å²) in [6.45, 7) is 1.88. The molecule has 0 aliphatic carbocycles. The van der Waals surface area contributed by atoms with Crippen LogP contribution in [0, 0.1) is 11.7 Å². The number of nitrogens with zero attached hydrogens (tertiary/aromatic N) is 2. The smallest absolute Gasteiger partial charge is 0.369 e. The molecular formula is C27H28F7N3O5S. The highest BCUT2D eigenvalue weighted by Crippen LogP contribution is 2.51. The molecule has 8 nitrogen and oxygen atoms in total. The van der Waals surface area contributed by atoms with E-state index in [9.17, 15) is 53.8 Å². The third-order valence-corrected chi connectivity index (χ3v) is 9.71. The number of carbonyl (C=O) groups excluding carboxylic acids is 2. The number of piperidine rings is 1. The fraction of sp³-hybridized carbons (Fsp3) is 0.481. The van der Waals surface area contributed by atoms with Crippen molar-refractivity contribution < 1.29 is 53.8 Å². The van der Waals surface area contributed by atoms with Crippen LogP contribution < -0.4 is 9.62 Å². The van der Waals surface area contributed by atoms with Crippen molar-refractivity contribution in [1.82, 2.24) is 10.2 Å². The van der Waals surface area contributed by atoms with Crippen molar-refractivity contribution in [2.45, 2.75) is 61.5 Å². The summed E-state index contributed by atoms with van der Waals surface area (Å²) in [5.74, 6) is -1.74. The van der Waals surface area contributed by atoms with Crippen LogP contribution in [0.3, 0.4) is 0 Å². The molecule has 0 spiro atoms. The van der Waals surface area contributed by atoms with Crippen LogP contribution >= 0.6 is 0 Å². The molecule has 43 heavy (non-hydrogen) atoms. The topological polar surface area (TPSA) is 107 Å². The van der Waals surface area contributed by atoms with Crippen molar-refractivity contribution in [2.24, 2.45) is 5.92 Å². The molecule has 2 heterocycles. The molecule has 2 N–H and O–H groups in total. The van der Waals surface area contributed by atoms with E-state index in [1.54, 1.807) is 4.90 Å². The third-order valence-electron chi connectivity index (χ3n) is 7.83. The van der Waals surface area contributed by atoms with E-state index in [2.05, 4.69) is 5.32 Å². The van der Waals surface area contributed by atoms with Gasteiger partial charge in [-0.1, -0.05) is 12.1 Å². The molecule has 236 valence electrons.